The Morgan fingerprint density at radius 1 is 1.32 bits per heavy atom. The highest BCUT2D eigenvalue weighted by Gasteiger charge is 2.16. The first-order valence-corrected chi connectivity index (χ1v) is 7.78. The number of ether oxygens (including phenoxy) is 1. The topological polar surface area (TPSA) is 21.3 Å². The summed E-state index contributed by atoms with van der Waals surface area (Å²) in [5.74, 6) is 0. The molecular weight excluding hydrogens is 258 g/mol. The molecule has 0 aliphatic carbocycles. The molecule has 2 rings (SSSR count). The van der Waals surface area contributed by atoms with Gasteiger partial charge in [-0.15, -0.1) is 0 Å². The van der Waals surface area contributed by atoms with E-state index in [1.165, 1.54) is 31.2 Å². The summed E-state index contributed by atoms with van der Waals surface area (Å²) < 4.78 is 5.78. The Kier molecular flexibility index (Phi) is 6.15. The van der Waals surface area contributed by atoms with E-state index in [4.69, 9.17) is 16.3 Å². The van der Waals surface area contributed by atoms with Gasteiger partial charge in [-0.05, 0) is 43.4 Å². The molecule has 0 amide bonds. The highest BCUT2D eigenvalue weighted by Crippen LogP contribution is 2.21. The van der Waals surface area contributed by atoms with Gasteiger partial charge in [0.2, 0.25) is 0 Å². The molecule has 0 aromatic heterocycles. The summed E-state index contributed by atoms with van der Waals surface area (Å²) in [5.41, 5.74) is 1.32. The van der Waals surface area contributed by atoms with E-state index in [2.05, 4.69) is 24.4 Å². The quantitative estimate of drug-likeness (QED) is 0.837. The average Bonchev–Trinajstić information content (AvgIpc) is 2.46. The Bertz CT molecular complexity index is 360. The predicted molar refractivity (Wildman–Crippen MR) is 80.7 cm³/mol. The summed E-state index contributed by atoms with van der Waals surface area (Å²) in [6.07, 6.45) is 6.41. The zero-order valence-corrected chi connectivity index (χ0v) is 12.5. The Balaban J connectivity index is 1.89. The van der Waals surface area contributed by atoms with Crippen molar-refractivity contribution in [1.82, 2.24) is 5.32 Å². The molecule has 1 heterocycles. The van der Waals surface area contributed by atoms with Crippen LogP contribution in [0.2, 0.25) is 5.02 Å². The summed E-state index contributed by atoms with van der Waals surface area (Å²) in [5, 5.41) is 4.46. The van der Waals surface area contributed by atoms with E-state index >= 15 is 0 Å². The average molecular weight is 282 g/mol. The van der Waals surface area contributed by atoms with Gasteiger partial charge in [0.05, 0.1) is 6.10 Å². The second kappa shape index (κ2) is 7.88. The molecule has 1 aromatic carbocycles. The van der Waals surface area contributed by atoms with Crippen LogP contribution in [0.4, 0.5) is 0 Å². The fourth-order valence-electron chi connectivity index (χ4n) is 2.61. The molecular formula is C16H24ClNO. The molecule has 0 radical (unpaired) electrons. The minimum absolute atomic E-state index is 0.389. The fourth-order valence-corrected chi connectivity index (χ4v) is 2.74. The molecule has 19 heavy (non-hydrogen) atoms. The lowest BCUT2D eigenvalue weighted by molar-refractivity contribution is 0.0151. The molecule has 1 fully saturated rings. The number of rotatable bonds is 6. The van der Waals surface area contributed by atoms with Crippen LogP contribution in [0, 0.1) is 0 Å². The van der Waals surface area contributed by atoms with Crippen molar-refractivity contribution in [2.75, 3.05) is 13.2 Å². The molecule has 0 bridgehead atoms. The number of nitrogens with one attached hydrogen (secondary N) is 1. The van der Waals surface area contributed by atoms with Crippen molar-refractivity contribution in [3.63, 3.8) is 0 Å². The van der Waals surface area contributed by atoms with Crippen LogP contribution in [0.5, 0.6) is 0 Å². The molecule has 1 N–H and O–H groups in total. The summed E-state index contributed by atoms with van der Waals surface area (Å²) in [6, 6.07) is 8.60. The van der Waals surface area contributed by atoms with Gasteiger partial charge in [0.15, 0.2) is 0 Å². The molecule has 1 saturated heterocycles. The highest BCUT2D eigenvalue weighted by atomic mass is 35.5. The summed E-state index contributed by atoms with van der Waals surface area (Å²) >= 11 is 5.95. The van der Waals surface area contributed by atoms with Gasteiger partial charge in [-0.2, -0.15) is 0 Å². The predicted octanol–water partition coefficient (Wildman–Crippen LogP) is 4.34. The molecule has 106 valence electrons. The smallest absolute Gasteiger partial charge is 0.0699 e. The van der Waals surface area contributed by atoms with E-state index in [9.17, 15) is 0 Å². The van der Waals surface area contributed by atoms with Gasteiger partial charge >= 0.3 is 0 Å². The SMILES string of the molecule is CCCC(NCC1CCCCO1)c1ccc(Cl)cc1. The molecule has 2 unspecified atom stereocenters. The zero-order valence-electron chi connectivity index (χ0n) is 11.7. The minimum Gasteiger partial charge on any atom is -0.377 e. The molecule has 2 atom stereocenters. The normalized spacial score (nSPS) is 21.3. The van der Waals surface area contributed by atoms with E-state index in [1.54, 1.807) is 0 Å². The molecule has 1 aliphatic heterocycles. The van der Waals surface area contributed by atoms with Crippen molar-refractivity contribution < 1.29 is 4.74 Å². The van der Waals surface area contributed by atoms with Gasteiger partial charge in [-0.25, -0.2) is 0 Å². The maximum atomic E-state index is 5.95. The number of hydrogen-bond acceptors (Lipinski definition) is 2. The van der Waals surface area contributed by atoms with Gasteiger partial charge in [0.1, 0.15) is 0 Å². The molecule has 0 saturated carbocycles. The van der Waals surface area contributed by atoms with Crippen molar-refractivity contribution in [1.29, 1.82) is 0 Å². The second-order valence-electron chi connectivity index (χ2n) is 5.29. The maximum Gasteiger partial charge on any atom is 0.0699 e. The van der Waals surface area contributed by atoms with Gasteiger partial charge in [0.25, 0.3) is 0 Å². The van der Waals surface area contributed by atoms with Crippen LogP contribution in [0.25, 0.3) is 0 Å². The van der Waals surface area contributed by atoms with E-state index in [-0.39, 0.29) is 0 Å². The minimum atomic E-state index is 0.389. The lowest BCUT2D eigenvalue weighted by Gasteiger charge is -2.26. The van der Waals surface area contributed by atoms with Crippen molar-refractivity contribution in [2.45, 2.75) is 51.2 Å². The standard InChI is InChI=1S/C16H24ClNO/c1-2-5-16(13-7-9-14(17)10-8-13)18-12-15-6-3-4-11-19-15/h7-10,15-16,18H,2-6,11-12H2,1H3. The molecule has 1 aromatic rings. The molecule has 0 spiro atoms. The first kappa shape index (κ1) is 14.8. The van der Waals surface area contributed by atoms with Crippen molar-refractivity contribution in [3.05, 3.63) is 34.9 Å². The third-order valence-electron chi connectivity index (χ3n) is 3.72. The first-order valence-electron chi connectivity index (χ1n) is 7.40. The monoisotopic (exact) mass is 281 g/mol. The Morgan fingerprint density at radius 3 is 2.74 bits per heavy atom. The Labute approximate surface area is 121 Å². The van der Waals surface area contributed by atoms with Crippen LogP contribution in [0.15, 0.2) is 24.3 Å². The van der Waals surface area contributed by atoms with Crippen molar-refractivity contribution in [3.8, 4) is 0 Å². The Morgan fingerprint density at radius 2 is 2.11 bits per heavy atom. The van der Waals surface area contributed by atoms with E-state index < -0.39 is 0 Å². The summed E-state index contributed by atoms with van der Waals surface area (Å²) in [6.45, 7) is 4.10. The van der Waals surface area contributed by atoms with Crippen LogP contribution in [0.3, 0.4) is 0 Å². The van der Waals surface area contributed by atoms with Crippen molar-refractivity contribution in [2.24, 2.45) is 0 Å². The lowest BCUT2D eigenvalue weighted by Crippen LogP contribution is -2.34. The number of halogens is 1. The summed E-state index contributed by atoms with van der Waals surface area (Å²) in [4.78, 5) is 0. The maximum absolute atomic E-state index is 5.95. The third-order valence-corrected chi connectivity index (χ3v) is 3.97. The number of benzene rings is 1. The van der Waals surface area contributed by atoms with Crippen molar-refractivity contribution >= 4 is 11.6 Å². The van der Waals surface area contributed by atoms with Crippen LogP contribution >= 0.6 is 11.6 Å². The highest BCUT2D eigenvalue weighted by molar-refractivity contribution is 6.30. The van der Waals surface area contributed by atoms with E-state index in [1.807, 2.05) is 12.1 Å². The van der Waals surface area contributed by atoms with Gasteiger partial charge < -0.3 is 10.1 Å². The fraction of sp³-hybridized carbons (Fsp3) is 0.625. The van der Waals surface area contributed by atoms with E-state index in [0.29, 0.717) is 12.1 Å². The first-order chi connectivity index (χ1) is 9.29. The van der Waals surface area contributed by atoms with Crippen LogP contribution in [-0.2, 0) is 4.74 Å². The third kappa shape index (κ3) is 4.79. The molecule has 2 nitrogen and oxygen atoms in total. The van der Waals surface area contributed by atoms with Gasteiger partial charge in [0, 0.05) is 24.2 Å². The van der Waals surface area contributed by atoms with Crippen LogP contribution < -0.4 is 5.32 Å². The molecule has 3 heteroatoms. The largest absolute Gasteiger partial charge is 0.377 e. The lowest BCUT2D eigenvalue weighted by atomic mass is 10.0. The Hall–Kier alpha value is -0.570. The molecule has 1 aliphatic rings. The van der Waals surface area contributed by atoms with Crippen LogP contribution in [0.1, 0.15) is 50.6 Å². The number of hydrogen-bond donors (Lipinski definition) is 1. The van der Waals surface area contributed by atoms with E-state index in [0.717, 1.165) is 24.6 Å². The van der Waals surface area contributed by atoms with Gasteiger partial charge in [-0.3, -0.25) is 0 Å². The van der Waals surface area contributed by atoms with Crippen LogP contribution in [-0.4, -0.2) is 19.3 Å². The summed E-state index contributed by atoms with van der Waals surface area (Å²) in [7, 11) is 0. The second-order valence-corrected chi connectivity index (χ2v) is 5.73. The van der Waals surface area contributed by atoms with Gasteiger partial charge in [-0.1, -0.05) is 37.1 Å². The zero-order chi connectivity index (χ0) is 13.5.